The van der Waals surface area contributed by atoms with E-state index in [4.69, 9.17) is 0 Å². The van der Waals surface area contributed by atoms with Gasteiger partial charge >= 0.3 is 0 Å². The average Bonchev–Trinajstić information content (AvgIpc) is 2.89. The molecule has 0 aliphatic carbocycles. The first-order valence-electron chi connectivity index (χ1n) is 11.2. The number of anilines is 3. The molecule has 6 rings (SSSR count). The molecule has 2 heteroatoms. The Morgan fingerprint density at radius 1 is 0.485 bits per heavy atom. The molecule has 0 spiro atoms. The standard InChI is InChI=1S/C31H23NO/c33-21-22-16-18-25(19-17-22)32(30-15-7-10-23-8-1-4-12-27(23)30)31-20-24-9-2-3-11-26(24)28-13-5-6-14-29(28)31/h1-20,33H,21H2. The molecule has 0 atom stereocenters. The molecule has 33 heavy (non-hydrogen) atoms. The molecule has 158 valence electrons. The smallest absolute Gasteiger partial charge is 0.0681 e. The second-order valence-corrected chi connectivity index (χ2v) is 8.32. The van der Waals surface area contributed by atoms with Crippen LogP contribution in [-0.4, -0.2) is 5.11 Å². The molecule has 0 saturated heterocycles. The van der Waals surface area contributed by atoms with Gasteiger partial charge in [-0.1, -0.05) is 97.1 Å². The van der Waals surface area contributed by atoms with Gasteiger partial charge in [0.1, 0.15) is 0 Å². The van der Waals surface area contributed by atoms with Crippen molar-refractivity contribution in [3.8, 4) is 0 Å². The lowest BCUT2D eigenvalue weighted by Crippen LogP contribution is -2.11. The summed E-state index contributed by atoms with van der Waals surface area (Å²) in [5.41, 5.74) is 4.23. The summed E-state index contributed by atoms with van der Waals surface area (Å²) in [6, 6.07) is 42.7. The highest BCUT2D eigenvalue weighted by molar-refractivity contribution is 6.15. The number of rotatable bonds is 4. The number of hydrogen-bond donors (Lipinski definition) is 1. The van der Waals surface area contributed by atoms with Gasteiger partial charge in [-0.05, 0) is 51.4 Å². The van der Waals surface area contributed by atoms with Crippen LogP contribution in [0.4, 0.5) is 17.1 Å². The summed E-state index contributed by atoms with van der Waals surface area (Å²) in [7, 11) is 0. The van der Waals surface area contributed by atoms with Crippen molar-refractivity contribution < 1.29 is 5.11 Å². The summed E-state index contributed by atoms with van der Waals surface area (Å²) < 4.78 is 0. The van der Waals surface area contributed by atoms with Gasteiger partial charge in [0.25, 0.3) is 0 Å². The largest absolute Gasteiger partial charge is 0.392 e. The average molecular weight is 426 g/mol. The SMILES string of the molecule is OCc1ccc(N(c2cccc3ccccc23)c2cc3ccccc3c3ccccc23)cc1. The lowest BCUT2D eigenvalue weighted by atomic mass is 9.98. The molecule has 2 nitrogen and oxygen atoms in total. The third-order valence-corrected chi connectivity index (χ3v) is 6.37. The fraction of sp³-hybridized carbons (Fsp3) is 0.0323. The molecule has 0 fully saturated rings. The first-order chi connectivity index (χ1) is 16.3. The van der Waals surface area contributed by atoms with Gasteiger partial charge in [0.2, 0.25) is 0 Å². The minimum atomic E-state index is 0.0352. The van der Waals surface area contributed by atoms with Gasteiger partial charge in [0.05, 0.1) is 18.0 Å². The summed E-state index contributed by atoms with van der Waals surface area (Å²) in [4.78, 5) is 2.35. The van der Waals surface area contributed by atoms with E-state index in [9.17, 15) is 5.11 Å². The van der Waals surface area contributed by atoms with Crippen molar-refractivity contribution in [1.29, 1.82) is 0 Å². The molecular weight excluding hydrogens is 402 g/mol. The third-order valence-electron chi connectivity index (χ3n) is 6.37. The topological polar surface area (TPSA) is 23.5 Å². The molecular formula is C31H23NO. The highest BCUT2D eigenvalue weighted by Crippen LogP contribution is 2.44. The Kier molecular flexibility index (Phi) is 4.79. The number of fused-ring (bicyclic) bond motifs is 4. The minimum absolute atomic E-state index is 0.0352. The van der Waals surface area contributed by atoms with E-state index < -0.39 is 0 Å². The van der Waals surface area contributed by atoms with Crippen LogP contribution in [0.1, 0.15) is 5.56 Å². The maximum atomic E-state index is 9.59. The summed E-state index contributed by atoms with van der Waals surface area (Å²) >= 11 is 0. The van der Waals surface area contributed by atoms with Crippen molar-refractivity contribution in [2.45, 2.75) is 6.61 Å². The van der Waals surface area contributed by atoms with E-state index in [2.05, 4.69) is 114 Å². The fourth-order valence-electron chi connectivity index (χ4n) is 4.78. The van der Waals surface area contributed by atoms with Crippen LogP contribution in [0.2, 0.25) is 0 Å². The van der Waals surface area contributed by atoms with Crippen LogP contribution in [0.25, 0.3) is 32.3 Å². The third kappa shape index (κ3) is 3.32. The van der Waals surface area contributed by atoms with E-state index in [1.807, 2.05) is 12.1 Å². The van der Waals surface area contributed by atoms with E-state index >= 15 is 0 Å². The van der Waals surface area contributed by atoms with Crippen molar-refractivity contribution >= 4 is 49.4 Å². The number of hydrogen-bond acceptors (Lipinski definition) is 2. The summed E-state index contributed by atoms with van der Waals surface area (Å²) in [6.07, 6.45) is 0. The predicted molar refractivity (Wildman–Crippen MR) is 140 cm³/mol. The Morgan fingerprint density at radius 2 is 1.09 bits per heavy atom. The molecule has 0 saturated carbocycles. The Labute approximate surface area is 193 Å². The van der Waals surface area contributed by atoms with Crippen molar-refractivity contribution in [1.82, 2.24) is 0 Å². The molecule has 0 bridgehead atoms. The molecule has 6 aromatic rings. The van der Waals surface area contributed by atoms with Crippen molar-refractivity contribution in [3.05, 3.63) is 127 Å². The second kappa shape index (κ2) is 8.09. The Bertz CT molecular complexity index is 1600. The second-order valence-electron chi connectivity index (χ2n) is 8.32. The maximum Gasteiger partial charge on any atom is 0.0681 e. The van der Waals surface area contributed by atoms with Crippen LogP contribution in [0.3, 0.4) is 0 Å². The van der Waals surface area contributed by atoms with E-state index in [1.165, 1.54) is 32.3 Å². The first kappa shape index (κ1) is 19.5. The molecule has 0 heterocycles. The van der Waals surface area contributed by atoms with E-state index in [-0.39, 0.29) is 6.61 Å². The molecule has 0 radical (unpaired) electrons. The van der Waals surface area contributed by atoms with E-state index in [0.717, 1.165) is 22.6 Å². The first-order valence-corrected chi connectivity index (χ1v) is 11.2. The van der Waals surface area contributed by atoms with Crippen molar-refractivity contribution in [2.24, 2.45) is 0 Å². The van der Waals surface area contributed by atoms with Crippen LogP contribution in [0.5, 0.6) is 0 Å². The van der Waals surface area contributed by atoms with E-state index in [1.54, 1.807) is 0 Å². The van der Waals surface area contributed by atoms with Crippen LogP contribution >= 0.6 is 0 Å². The van der Waals surface area contributed by atoms with Gasteiger partial charge in [-0.3, -0.25) is 0 Å². The predicted octanol–water partition coefficient (Wildman–Crippen LogP) is 8.11. The monoisotopic (exact) mass is 425 g/mol. The lowest BCUT2D eigenvalue weighted by Gasteiger charge is -2.29. The van der Waals surface area contributed by atoms with Crippen molar-refractivity contribution in [2.75, 3.05) is 4.90 Å². The van der Waals surface area contributed by atoms with Crippen LogP contribution in [-0.2, 0) is 6.61 Å². The summed E-state index contributed by atoms with van der Waals surface area (Å²) in [5.74, 6) is 0. The van der Waals surface area contributed by atoms with Crippen LogP contribution in [0, 0.1) is 0 Å². The molecule has 0 amide bonds. The lowest BCUT2D eigenvalue weighted by molar-refractivity contribution is 0.282. The minimum Gasteiger partial charge on any atom is -0.392 e. The van der Waals surface area contributed by atoms with Gasteiger partial charge in [-0.25, -0.2) is 0 Å². The molecule has 0 aromatic heterocycles. The van der Waals surface area contributed by atoms with Gasteiger partial charge in [-0.15, -0.1) is 0 Å². The van der Waals surface area contributed by atoms with Gasteiger partial charge < -0.3 is 10.0 Å². The molecule has 1 N–H and O–H groups in total. The van der Waals surface area contributed by atoms with Crippen molar-refractivity contribution in [3.63, 3.8) is 0 Å². The number of aliphatic hydroxyl groups excluding tert-OH is 1. The van der Waals surface area contributed by atoms with Gasteiger partial charge in [0, 0.05) is 16.5 Å². The fourth-order valence-corrected chi connectivity index (χ4v) is 4.78. The highest BCUT2D eigenvalue weighted by atomic mass is 16.3. The van der Waals surface area contributed by atoms with Gasteiger partial charge in [-0.2, -0.15) is 0 Å². The Hall–Kier alpha value is -4.14. The Morgan fingerprint density at radius 3 is 1.85 bits per heavy atom. The summed E-state index contributed by atoms with van der Waals surface area (Å²) in [5, 5.41) is 16.9. The number of aliphatic hydroxyl groups is 1. The van der Waals surface area contributed by atoms with E-state index in [0.29, 0.717) is 0 Å². The quantitative estimate of drug-likeness (QED) is 0.288. The normalized spacial score (nSPS) is 11.3. The summed E-state index contributed by atoms with van der Waals surface area (Å²) in [6.45, 7) is 0.0352. The zero-order valence-electron chi connectivity index (χ0n) is 18.1. The molecule has 0 aliphatic heterocycles. The van der Waals surface area contributed by atoms with Crippen LogP contribution < -0.4 is 4.90 Å². The zero-order chi connectivity index (χ0) is 22.2. The highest BCUT2D eigenvalue weighted by Gasteiger charge is 2.18. The van der Waals surface area contributed by atoms with Gasteiger partial charge in [0.15, 0.2) is 0 Å². The Balaban J connectivity index is 1.72. The number of nitrogens with zero attached hydrogens (tertiary/aromatic N) is 1. The number of benzene rings is 6. The van der Waals surface area contributed by atoms with Crippen LogP contribution in [0.15, 0.2) is 121 Å². The molecule has 0 unspecified atom stereocenters. The maximum absolute atomic E-state index is 9.59. The molecule has 0 aliphatic rings. The zero-order valence-corrected chi connectivity index (χ0v) is 18.1. The molecule has 6 aromatic carbocycles.